The number of carboxylic acids is 1. The van der Waals surface area contributed by atoms with Gasteiger partial charge in [-0.05, 0) is 25.0 Å². The SMILES string of the molecule is Cn1cc(C(=O)N2CCCC(c3ccn(CC(=O)O)n3)C2)c2ccccc21. The van der Waals surface area contributed by atoms with Crippen LogP contribution in [0, 0.1) is 0 Å². The number of aryl methyl sites for hydroxylation is 1. The van der Waals surface area contributed by atoms with Crippen LogP contribution in [0.25, 0.3) is 10.9 Å². The molecule has 0 saturated carbocycles. The first-order chi connectivity index (χ1) is 13.0. The lowest BCUT2D eigenvalue weighted by Crippen LogP contribution is -2.39. The molecule has 4 rings (SSSR count). The maximum Gasteiger partial charge on any atom is 0.325 e. The lowest BCUT2D eigenvalue weighted by atomic mass is 9.94. The van der Waals surface area contributed by atoms with Crippen molar-refractivity contribution in [1.29, 1.82) is 0 Å². The molecule has 1 aliphatic heterocycles. The highest BCUT2D eigenvalue weighted by molar-refractivity contribution is 6.07. The lowest BCUT2D eigenvalue weighted by molar-refractivity contribution is -0.137. The molecule has 0 bridgehead atoms. The van der Waals surface area contributed by atoms with E-state index in [9.17, 15) is 9.59 Å². The molecule has 1 aliphatic rings. The number of benzene rings is 1. The van der Waals surface area contributed by atoms with Crippen molar-refractivity contribution in [3.8, 4) is 0 Å². The Morgan fingerprint density at radius 2 is 2.07 bits per heavy atom. The minimum absolute atomic E-state index is 0.0430. The Morgan fingerprint density at radius 1 is 1.26 bits per heavy atom. The molecule has 27 heavy (non-hydrogen) atoms. The van der Waals surface area contributed by atoms with Crippen LogP contribution in [-0.2, 0) is 18.4 Å². The van der Waals surface area contributed by atoms with Gasteiger partial charge in [0.05, 0.1) is 11.3 Å². The zero-order chi connectivity index (χ0) is 19.0. The molecule has 0 radical (unpaired) electrons. The largest absolute Gasteiger partial charge is 0.480 e. The van der Waals surface area contributed by atoms with Gasteiger partial charge in [0, 0.05) is 49.4 Å². The molecule has 140 valence electrons. The first kappa shape index (κ1) is 17.3. The van der Waals surface area contributed by atoms with Gasteiger partial charge in [-0.2, -0.15) is 5.10 Å². The van der Waals surface area contributed by atoms with Crippen LogP contribution in [0.3, 0.4) is 0 Å². The monoisotopic (exact) mass is 366 g/mol. The Morgan fingerprint density at radius 3 is 2.89 bits per heavy atom. The number of hydrogen-bond donors (Lipinski definition) is 1. The normalized spacial score (nSPS) is 17.4. The number of rotatable bonds is 4. The third-order valence-corrected chi connectivity index (χ3v) is 5.21. The summed E-state index contributed by atoms with van der Waals surface area (Å²) in [5.74, 6) is -0.741. The Labute approximate surface area is 156 Å². The second-order valence-corrected chi connectivity index (χ2v) is 7.09. The fourth-order valence-electron chi connectivity index (χ4n) is 3.91. The summed E-state index contributed by atoms with van der Waals surface area (Å²) >= 11 is 0. The van der Waals surface area contributed by atoms with Gasteiger partial charge in [-0.3, -0.25) is 14.3 Å². The number of hydrogen-bond acceptors (Lipinski definition) is 3. The van der Waals surface area contributed by atoms with Gasteiger partial charge in [-0.25, -0.2) is 0 Å². The second-order valence-electron chi connectivity index (χ2n) is 7.09. The van der Waals surface area contributed by atoms with Crippen molar-refractivity contribution >= 4 is 22.8 Å². The van der Waals surface area contributed by atoms with Gasteiger partial charge in [0.15, 0.2) is 0 Å². The summed E-state index contributed by atoms with van der Waals surface area (Å²) < 4.78 is 3.42. The van der Waals surface area contributed by atoms with Gasteiger partial charge in [-0.15, -0.1) is 0 Å². The number of carbonyl (C=O) groups excluding carboxylic acids is 1. The highest BCUT2D eigenvalue weighted by Crippen LogP contribution is 2.28. The summed E-state index contributed by atoms with van der Waals surface area (Å²) in [5.41, 5.74) is 2.62. The third kappa shape index (κ3) is 3.32. The van der Waals surface area contributed by atoms with Crippen LogP contribution in [0.2, 0.25) is 0 Å². The van der Waals surface area contributed by atoms with Gasteiger partial charge in [0.2, 0.25) is 0 Å². The van der Waals surface area contributed by atoms with Crippen molar-refractivity contribution in [2.75, 3.05) is 13.1 Å². The number of fused-ring (bicyclic) bond motifs is 1. The third-order valence-electron chi connectivity index (χ3n) is 5.21. The quantitative estimate of drug-likeness (QED) is 0.769. The van der Waals surface area contributed by atoms with Crippen LogP contribution in [0.4, 0.5) is 0 Å². The van der Waals surface area contributed by atoms with Crippen LogP contribution in [0.1, 0.15) is 34.8 Å². The molecule has 0 aliphatic carbocycles. The minimum Gasteiger partial charge on any atom is -0.480 e. The Kier molecular flexibility index (Phi) is 4.43. The van der Waals surface area contributed by atoms with Crippen LogP contribution >= 0.6 is 0 Å². The maximum absolute atomic E-state index is 13.2. The molecule has 1 amide bonds. The molecule has 3 heterocycles. The number of piperidine rings is 1. The van der Waals surface area contributed by atoms with Crippen molar-refractivity contribution in [1.82, 2.24) is 19.2 Å². The number of amides is 1. The van der Waals surface area contributed by atoms with E-state index >= 15 is 0 Å². The molecule has 1 saturated heterocycles. The number of carbonyl (C=O) groups is 2. The standard InChI is InChI=1S/C20H22N4O3/c1-22-12-16(15-6-2-3-7-18(15)22)20(27)23-9-4-5-14(11-23)17-8-10-24(21-17)13-19(25)26/h2-3,6-8,10,12,14H,4-5,9,11,13H2,1H3,(H,25,26). The molecule has 1 unspecified atom stereocenters. The maximum atomic E-state index is 13.2. The predicted molar refractivity (Wildman–Crippen MR) is 101 cm³/mol. The molecule has 7 nitrogen and oxygen atoms in total. The molecular weight excluding hydrogens is 344 g/mol. The molecule has 1 atom stereocenters. The van der Waals surface area contributed by atoms with E-state index < -0.39 is 5.97 Å². The van der Waals surface area contributed by atoms with E-state index in [0.717, 1.165) is 41.5 Å². The van der Waals surface area contributed by atoms with Gasteiger partial charge in [0.25, 0.3) is 5.91 Å². The van der Waals surface area contributed by atoms with E-state index in [1.165, 1.54) is 4.68 Å². The summed E-state index contributed by atoms with van der Waals surface area (Å²) in [6.45, 7) is 1.19. The van der Waals surface area contributed by atoms with Gasteiger partial charge < -0.3 is 14.6 Å². The predicted octanol–water partition coefficient (Wildman–Crippen LogP) is 2.48. The number of para-hydroxylation sites is 1. The number of nitrogens with zero attached hydrogens (tertiary/aromatic N) is 4. The molecular formula is C20H22N4O3. The summed E-state index contributed by atoms with van der Waals surface area (Å²) in [4.78, 5) is 25.9. The van der Waals surface area contributed by atoms with Crippen LogP contribution in [0.5, 0.6) is 0 Å². The van der Waals surface area contributed by atoms with E-state index in [1.807, 2.05) is 53.0 Å². The van der Waals surface area contributed by atoms with Gasteiger partial charge >= 0.3 is 5.97 Å². The Hall–Kier alpha value is -3.09. The summed E-state index contributed by atoms with van der Waals surface area (Å²) in [6.07, 6.45) is 5.45. The topological polar surface area (TPSA) is 80.4 Å². The van der Waals surface area contributed by atoms with Crippen molar-refractivity contribution in [3.05, 3.63) is 54.0 Å². The Bertz CT molecular complexity index is 1000. The first-order valence-corrected chi connectivity index (χ1v) is 9.11. The van der Waals surface area contributed by atoms with Crippen LogP contribution in [0.15, 0.2) is 42.7 Å². The summed E-state index contributed by atoms with van der Waals surface area (Å²) in [7, 11) is 1.95. The molecule has 7 heteroatoms. The number of likely N-dealkylation sites (tertiary alicyclic amines) is 1. The van der Waals surface area contributed by atoms with Crippen LogP contribution < -0.4 is 0 Å². The number of aromatic nitrogens is 3. The Balaban J connectivity index is 1.54. The molecule has 1 N–H and O–H groups in total. The smallest absolute Gasteiger partial charge is 0.325 e. The van der Waals surface area contributed by atoms with Crippen LogP contribution in [-0.4, -0.2) is 49.3 Å². The summed E-state index contributed by atoms with van der Waals surface area (Å²) in [5, 5.41) is 14.3. The highest BCUT2D eigenvalue weighted by atomic mass is 16.4. The first-order valence-electron chi connectivity index (χ1n) is 9.11. The summed E-state index contributed by atoms with van der Waals surface area (Å²) in [6, 6.07) is 9.78. The number of aliphatic carboxylic acids is 1. The van der Waals surface area contributed by atoms with Gasteiger partial charge in [-0.1, -0.05) is 18.2 Å². The second kappa shape index (κ2) is 6.90. The van der Waals surface area contributed by atoms with E-state index in [1.54, 1.807) is 6.20 Å². The molecule has 1 fully saturated rings. The average molecular weight is 366 g/mol. The van der Waals surface area contributed by atoms with E-state index in [-0.39, 0.29) is 18.4 Å². The minimum atomic E-state index is -0.916. The van der Waals surface area contributed by atoms with Crippen molar-refractivity contribution in [3.63, 3.8) is 0 Å². The fourth-order valence-corrected chi connectivity index (χ4v) is 3.91. The average Bonchev–Trinajstić information content (AvgIpc) is 3.26. The van der Waals surface area contributed by atoms with E-state index in [2.05, 4.69) is 5.10 Å². The zero-order valence-corrected chi connectivity index (χ0v) is 15.2. The van der Waals surface area contributed by atoms with Crippen molar-refractivity contribution in [2.45, 2.75) is 25.3 Å². The molecule has 3 aromatic rings. The molecule has 2 aromatic heterocycles. The molecule has 1 aromatic carbocycles. The zero-order valence-electron chi connectivity index (χ0n) is 15.2. The lowest BCUT2D eigenvalue weighted by Gasteiger charge is -2.32. The van der Waals surface area contributed by atoms with E-state index in [0.29, 0.717) is 6.54 Å². The van der Waals surface area contributed by atoms with Crippen molar-refractivity contribution < 1.29 is 14.7 Å². The van der Waals surface area contributed by atoms with Gasteiger partial charge in [0.1, 0.15) is 6.54 Å². The van der Waals surface area contributed by atoms with Crippen molar-refractivity contribution in [2.24, 2.45) is 7.05 Å². The number of carboxylic acid groups (broad SMARTS) is 1. The molecule has 0 spiro atoms. The highest BCUT2D eigenvalue weighted by Gasteiger charge is 2.28. The fraction of sp³-hybridized carbons (Fsp3) is 0.350. The van der Waals surface area contributed by atoms with E-state index in [4.69, 9.17) is 5.11 Å².